The minimum atomic E-state index is -0.498. The van der Waals surface area contributed by atoms with Crippen LogP contribution in [0.1, 0.15) is 40.5 Å². The summed E-state index contributed by atoms with van der Waals surface area (Å²) in [6.07, 6.45) is 0.748. The van der Waals surface area contributed by atoms with Crippen LogP contribution in [0.4, 0.5) is 4.79 Å². The van der Waals surface area contributed by atoms with Crippen LogP contribution in [-0.4, -0.2) is 30.6 Å². The van der Waals surface area contributed by atoms with Gasteiger partial charge < -0.3 is 20.6 Å². The number of alkyl carbamates (subject to hydrolysis) is 1. The molecule has 5 heteroatoms. The summed E-state index contributed by atoms with van der Waals surface area (Å²) >= 11 is 0. The third-order valence-electron chi connectivity index (χ3n) is 2.17. The molecule has 0 saturated carbocycles. The first kappa shape index (κ1) is 15.9. The molecule has 17 heavy (non-hydrogen) atoms. The molecule has 0 aromatic heterocycles. The fourth-order valence-corrected chi connectivity index (χ4v) is 1.25. The minimum Gasteiger partial charge on any atom is -0.444 e. The number of nitrogens with two attached hydrogens (primary N) is 1. The second-order valence-corrected chi connectivity index (χ2v) is 5.23. The average molecular weight is 244 g/mol. The number of carbonyl (C=O) groups excluding carboxylic acids is 2. The fourth-order valence-electron chi connectivity index (χ4n) is 1.25. The van der Waals surface area contributed by atoms with Gasteiger partial charge in [-0.1, -0.05) is 0 Å². The molecular formula is C12H24N2O3. The molecule has 0 fully saturated rings. The quantitative estimate of drug-likeness (QED) is 0.741. The van der Waals surface area contributed by atoms with Crippen LogP contribution in [0.3, 0.4) is 0 Å². The van der Waals surface area contributed by atoms with E-state index in [4.69, 9.17) is 10.5 Å². The Hall–Kier alpha value is -1.10. The topological polar surface area (TPSA) is 81.4 Å². The van der Waals surface area contributed by atoms with Crippen molar-refractivity contribution in [3.05, 3.63) is 0 Å². The van der Waals surface area contributed by atoms with Crippen molar-refractivity contribution in [3.63, 3.8) is 0 Å². The summed E-state index contributed by atoms with van der Waals surface area (Å²) in [5.74, 6) is 0.257. The van der Waals surface area contributed by atoms with Crippen molar-refractivity contribution < 1.29 is 14.3 Å². The van der Waals surface area contributed by atoms with Gasteiger partial charge in [0.25, 0.3) is 0 Å². The van der Waals surface area contributed by atoms with E-state index >= 15 is 0 Å². The Bertz CT molecular complexity index is 259. The first-order chi connectivity index (χ1) is 7.74. The zero-order valence-corrected chi connectivity index (χ0v) is 11.2. The van der Waals surface area contributed by atoms with E-state index in [2.05, 4.69) is 5.32 Å². The van der Waals surface area contributed by atoms with Crippen molar-refractivity contribution in [3.8, 4) is 0 Å². The standard InChI is InChI=1S/C12H24N2O3/c1-9(15)5-6-10(7-13)8-14-11(16)17-12(2,3)4/h10H,5-8,13H2,1-4H3,(H,14,16). The van der Waals surface area contributed by atoms with Gasteiger partial charge in [0.2, 0.25) is 0 Å². The molecule has 3 N–H and O–H groups in total. The summed E-state index contributed by atoms with van der Waals surface area (Å²) in [5.41, 5.74) is 5.07. The number of hydrogen-bond acceptors (Lipinski definition) is 4. The van der Waals surface area contributed by atoms with Crippen LogP contribution >= 0.6 is 0 Å². The van der Waals surface area contributed by atoms with Crippen LogP contribution in [0.2, 0.25) is 0 Å². The molecule has 0 bridgehead atoms. The van der Waals surface area contributed by atoms with Crippen LogP contribution in [0.5, 0.6) is 0 Å². The first-order valence-electron chi connectivity index (χ1n) is 5.91. The maximum absolute atomic E-state index is 11.4. The lowest BCUT2D eigenvalue weighted by Crippen LogP contribution is -2.37. The minimum absolute atomic E-state index is 0.117. The molecule has 0 aliphatic heterocycles. The second kappa shape index (κ2) is 7.27. The molecule has 1 unspecified atom stereocenters. The predicted molar refractivity (Wildman–Crippen MR) is 66.7 cm³/mol. The van der Waals surface area contributed by atoms with E-state index in [0.29, 0.717) is 25.9 Å². The highest BCUT2D eigenvalue weighted by Crippen LogP contribution is 2.08. The molecule has 5 nitrogen and oxygen atoms in total. The van der Waals surface area contributed by atoms with Gasteiger partial charge >= 0.3 is 6.09 Å². The molecule has 0 spiro atoms. The van der Waals surface area contributed by atoms with Gasteiger partial charge in [0.05, 0.1) is 0 Å². The molecule has 100 valence electrons. The van der Waals surface area contributed by atoms with Crippen molar-refractivity contribution in [2.45, 2.75) is 46.1 Å². The summed E-state index contributed by atoms with van der Waals surface area (Å²) < 4.78 is 5.10. The Morgan fingerprint density at radius 2 is 1.94 bits per heavy atom. The summed E-state index contributed by atoms with van der Waals surface area (Å²) in [4.78, 5) is 22.2. The van der Waals surface area contributed by atoms with Crippen molar-refractivity contribution in [1.29, 1.82) is 0 Å². The van der Waals surface area contributed by atoms with E-state index in [0.717, 1.165) is 0 Å². The summed E-state index contributed by atoms with van der Waals surface area (Å²) in [7, 11) is 0. The monoisotopic (exact) mass is 244 g/mol. The van der Waals surface area contributed by atoms with Crippen LogP contribution in [0.15, 0.2) is 0 Å². The normalized spacial score (nSPS) is 13.0. The summed E-state index contributed by atoms with van der Waals surface area (Å²) in [6, 6.07) is 0. The number of carbonyl (C=O) groups is 2. The van der Waals surface area contributed by atoms with Gasteiger partial charge in [-0.3, -0.25) is 0 Å². The Labute approximate surface area is 103 Å². The molecule has 0 aromatic carbocycles. The fraction of sp³-hybridized carbons (Fsp3) is 0.833. The lowest BCUT2D eigenvalue weighted by molar-refractivity contribution is -0.117. The van der Waals surface area contributed by atoms with Crippen LogP contribution in [-0.2, 0) is 9.53 Å². The Morgan fingerprint density at radius 3 is 2.35 bits per heavy atom. The average Bonchev–Trinajstić information content (AvgIpc) is 2.14. The van der Waals surface area contributed by atoms with Gasteiger partial charge in [-0.05, 0) is 46.6 Å². The van der Waals surface area contributed by atoms with Gasteiger partial charge in [-0.15, -0.1) is 0 Å². The first-order valence-corrected chi connectivity index (χ1v) is 5.91. The molecule has 0 saturated heterocycles. The highest BCUT2D eigenvalue weighted by atomic mass is 16.6. The molecule has 0 aromatic rings. The molecule has 0 aliphatic rings. The smallest absolute Gasteiger partial charge is 0.407 e. The van der Waals surface area contributed by atoms with Gasteiger partial charge in [-0.25, -0.2) is 4.79 Å². The molecule has 1 amide bonds. The van der Waals surface area contributed by atoms with Gasteiger partial charge in [0.1, 0.15) is 11.4 Å². The Morgan fingerprint density at radius 1 is 1.35 bits per heavy atom. The molecule has 0 radical (unpaired) electrons. The van der Waals surface area contributed by atoms with E-state index in [1.54, 1.807) is 6.92 Å². The van der Waals surface area contributed by atoms with Crippen molar-refractivity contribution in [2.75, 3.05) is 13.1 Å². The highest BCUT2D eigenvalue weighted by Gasteiger charge is 2.17. The van der Waals surface area contributed by atoms with Gasteiger partial charge in [0, 0.05) is 13.0 Å². The molecule has 0 aliphatic carbocycles. The number of Topliss-reactive ketones (excluding diaryl/α,β-unsaturated/α-hetero) is 1. The number of nitrogens with one attached hydrogen (secondary N) is 1. The van der Waals surface area contributed by atoms with E-state index in [1.165, 1.54) is 0 Å². The zero-order valence-electron chi connectivity index (χ0n) is 11.2. The molecule has 0 rings (SSSR count). The SMILES string of the molecule is CC(=O)CCC(CN)CNC(=O)OC(C)(C)C. The number of hydrogen-bond donors (Lipinski definition) is 2. The van der Waals surface area contributed by atoms with Crippen molar-refractivity contribution in [1.82, 2.24) is 5.32 Å². The lowest BCUT2D eigenvalue weighted by atomic mass is 10.0. The van der Waals surface area contributed by atoms with Crippen LogP contribution < -0.4 is 11.1 Å². The second-order valence-electron chi connectivity index (χ2n) is 5.23. The Kier molecular flexibility index (Phi) is 6.80. The van der Waals surface area contributed by atoms with E-state index in [1.807, 2.05) is 20.8 Å². The predicted octanol–water partition coefficient (Wildman–Crippen LogP) is 1.46. The number of amides is 1. The van der Waals surface area contributed by atoms with Gasteiger partial charge in [-0.2, -0.15) is 0 Å². The largest absolute Gasteiger partial charge is 0.444 e. The third kappa shape index (κ3) is 9.81. The maximum Gasteiger partial charge on any atom is 0.407 e. The lowest BCUT2D eigenvalue weighted by Gasteiger charge is -2.21. The van der Waals surface area contributed by atoms with E-state index in [-0.39, 0.29) is 11.7 Å². The van der Waals surface area contributed by atoms with E-state index < -0.39 is 11.7 Å². The third-order valence-corrected chi connectivity index (χ3v) is 2.17. The molecule has 0 heterocycles. The number of ether oxygens (including phenoxy) is 1. The Balaban J connectivity index is 3.90. The maximum atomic E-state index is 11.4. The van der Waals surface area contributed by atoms with Crippen LogP contribution in [0, 0.1) is 5.92 Å². The van der Waals surface area contributed by atoms with E-state index in [9.17, 15) is 9.59 Å². The summed E-state index contributed by atoms with van der Waals surface area (Å²) in [6.45, 7) is 7.87. The number of ketones is 1. The zero-order chi connectivity index (χ0) is 13.5. The molecule has 1 atom stereocenters. The van der Waals surface area contributed by atoms with Crippen LogP contribution in [0.25, 0.3) is 0 Å². The molecular weight excluding hydrogens is 220 g/mol. The number of rotatable bonds is 6. The highest BCUT2D eigenvalue weighted by molar-refractivity contribution is 5.75. The summed E-state index contributed by atoms with van der Waals surface area (Å²) in [5, 5.41) is 2.66. The van der Waals surface area contributed by atoms with Gasteiger partial charge in [0.15, 0.2) is 0 Å². The van der Waals surface area contributed by atoms with Crippen molar-refractivity contribution in [2.24, 2.45) is 11.7 Å². The van der Waals surface area contributed by atoms with Crippen molar-refractivity contribution >= 4 is 11.9 Å².